The number of carbonyl (C=O) groups is 1. The molecule has 1 aromatic carbocycles. The summed E-state index contributed by atoms with van der Waals surface area (Å²) in [7, 11) is 0. The Morgan fingerprint density at radius 3 is 2.70 bits per heavy atom. The van der Waals surface area contributed by atoms with Gasteiger partial charge in [0, 0.05) is 30.6 Å². The van der Waals surface area contributed by atoms with Gasteiger partial charge >= 0.3 is 6.18 Å². The highest BCUT2D eigenvalue weighted by Crippen LogP contribution is 2.30. The van der Waals surface area contributed by atoms with Gasteiger partial charge in [-0.2, -0.15) is 13.2 Å². The average Bonchev–Trinajstić information content (AvgIpc) is 3.10. The molecule has 0 radical (unpaired) electrons. The summed E-state index contributed by atoms with van der Waals surface area (Å²) < 4.78 is 44.2. The summed E-state index contributed by atoms with van der Waals surface area (Å²) in [6.07, 6.45) is -3.19. The maximum Gasteiger partial charge on any atom is 0.433 e. The number of hydrogen-bond acceptors (Lipinski definition) is 6. The molecule has 3 aromatic rings. The van der Waals surface area contributed by atoms with Gasteiger partial charge < -0.3 is 14.7 Å². The molecular formula is C20H20F3N5O2. The third-order valence-electron chi connectivity index (χ3n) is 5.08. The molecule has 0 saturated carbocycles. The molecular weight excluding hydrogens is 399 g/mol. The van der Waals surface area contributed by atoms with Crippen LogP contribution in [-0.2, 0) is 17.4 Å². The first-order valence-corrected chi connectivity index (χ1v) is 9.60. The first kappa shape index (κ1) is 20.1. The molecule has 1 amide bonds. The van der Waals surface area contributed by atoms with Crippen molar-refractivity contribution in [2.75, 3.05) is 18.0 Å². The third-order valence-corrected chi connectivity index (χ3v) is 5.08. The molecule has 1 saturated heterocycles. The monoisotopic (exact) mass is 419 g/mol. The fourth-order valence-electron chi connectivity index (χ4n) is 3.61. The van der Waals surface area contributed by atoms with Crippen LogP contribution in [0.3, 0.4) is 0 Å². The van der Waals surface area contributed by atoms with Gasteiger partial charge in [-0.15, -0.1) is 0 Å². The molecule has 3 heterocycles. The van der Waals surface area contributed by atoms with Gasteiger partial charge in [0.25, 0.3) is 0 Å². The number of carbonyl (C=O) groups excluding carboxylic acids is 1. The van der Waals surface area contributed by atoms with Gasteiger partial charge in [0.05, 0.1) is 6.42 Å². The van der Waals surface area contributed by atoms with Crippen LogP contribution in [0.4, 0.5) is 19.0 Å². The van der Waals surface area contributed by atoms with E-state index < -0.39 is 11.9 Å². The van der Waals surface area contributed by atoms with Crippen molar-refractivity contribution >= 4 is 22.7 Å². The van der Waals surface area contributed by atoms with Crippen LogP contribution in [0.1, 0.15) is 30.1 Å². The van der Waals surface area contributed by atoms with Gasteiger partial charge in [-0.3, -0.25) is 4.79 Å². The van der Waals surface area contributed by atoms with Crippen LogP contribution < -0.4 is 10.2 Å². The third kappa shape index (κ3) is 4.37. The van der Waals surface area contributed by atoms with Crippen LogP contribution >= 0.6 is 0 Å². The number of nitrogens with one attached hydrogen (secondary N) is 1. The van der Waals surface area contributed by atoms with Crippen molar-refractivity contribution in [3.8, 4) is 0 Å². The van der Waals surface area contributed by atoms with Crippen molar-refractivity contribution in [3.05, 3.63) is 47.5 Å². The largest absolute Gasteiger partial charge is 0.433 e. The summed E-state index contributed by atoms with van der Waals surface area (Å²) in [4.78, 5) is 21.8. The van der Waals surface area contributed by atoms with Crippen molar-refractivity contribution < 1.29 is 22.5 Å². The summed E-state index contributed by atoms with van der Waals surface area (Å²) >= 11 is 0. The Kier molecular flexibility index (Phi) is 5.31. The highest BCUT2D eigenvalue weighted by atomic mass is 19.4. The van der Waals surface area contributed by atoms with E-state index in [2.05, 4.69) is 20.4 Å². The lowest BCUT2D eigenvalue weighted by atomic mass is 10.0. The molecule has 1 fully saturated rings. The fraction of sp³-hybridized carbons (Fsp3) is 0.400. The number of aromatic nitrogens is 3. The smallest absolute Gasteiger partial charge is 0.356 e. The Bertz CT molecular complexity index is 1060. The Labute approximate surface area is 170 Å². The second kappa shape index (κ2) is 7.92. The molecule has 0 bridgehead atoms. The van der Waals surface area contributed by atoms with Gasteiger partial charge in [-0.25, -0.2) is 9.97 Å². The van der Waals surface area contributed by atoms with Gasteiger partial charge in [0.15, 0.2) is 5.58 Å². The van der Waals surface area contributed by atoms with Crippen molar-refractivity contribution in [2.45, 2.75) is 38.4 Å². The quantitative estimate of drug-likeness (QED) is 0.699. The number of para-hydroxylation sites is 1. The molecule has 0 unspecified atom stereocenters. The zero-order valence-corrected chi connectivity index (χ0v) is 16.2. The number of nitrogens with zero attached hydrogens (tertiary/aromatic N) is 4. The molecule has 0 atom stereocenters. The Hall–Kier alpha value is -3.17. The second-order valence-corrected chi connectivity index (χ2v) is 7.29. The first-order valence-electron chi connectivity index (χ1n) is 9.60. The molecule has 1 N–H and O–H groups in total. The molecule has 0 aliphatic carbocycles. The van der Waals surface area contributed by atoms with Crippen molar-refractivity contribution in [1.29, 1.82) is 0 Å². The molecule has 2 aromatic heterocycles. The number of rotatable bonds is 4. The maximum absolute atomic E-state index is 13.0. The molecule has 30 heavy (non-hydrogen) atoms. The van der Waals surface area contributed by atoms with E-state index in [0.29, 0.717) is 37.2 Å². The van der Waals surface area contributed by atoms with E-state index in [0.717, 1.165) is 11.5 Å². The van der Waals surface area contributed by atoms with Crippen LogP contribution in [0.5, 0.6) is 0 Å². The number of benzene rings is 1. The number of alkyl halides is 3. The molecule has 1 aliphatic heterocycles. The number of piperidine rings is 1. The number of amides is 1. The van der Waals surface area contributed by atoms with E-state index in [1.807, 2.05) is 18.2 Å². The maximum atomic E-state index is 13.0. The normalized spacial score (nSPS) is 15.5. The predicted octanol–water partition coefficient (Wildman–Crippen LogP) is 3.27. The Balaban J connectivity index is 1.35. The number of aryl methyl sites for hydroxylation is 1. The summed E-state index contributed by atoms with van der Waals surface area (Å²) in [6.45, 7) is 2.43. The van der Waals surface area contributed by atoms with Gasteiger partial charge in [-0.1, -0.05) is 17.3 Å². The van der Waals surface area contributed by atoms with Crippen molar-refractivity contribution in [2.24, 2.45) is 0 Å². The predicted molar refractivity (Wildman–Crippen MR) is 103 cm³/mol. The summed E-state index contributed by atoms with van der Waals surface area (Å²) in [5.41, 5.74) is 0.268. The lowest BCUT2D eigenvalue weighted by Crippen LogP contribution is -2.45. The minimum Gasteiger partial charge on any atom is -0.356 e. The van der Waals surface area contributed by atoms with Crippen molar-refractivity contribution in [3.63, 3.8) is 0 Å². The molecule has 7 nitrogen and oxygen atoms in total. The van der Waals surface area contributed by atoms with Crippen molar-refractivity contribution in [1.82, 2.24) is 20.4 Å². The van der Waals surface area contributed by atoms with Gasteiger partial charge in [0.1, 0.15) is 23.0 Å². The average molecular weight is 419 g/mol. The Morgan fingerprint density at radius 1 is 1.23 bits per heavy atom. The van der Waals surface area contributed by atoms with E-state index >= 15 is 0 Å². The van der Waals surface area contributed by atoms with Crippen LogP contribution in [0.2, 0.25) is 0 Å². The zero-order valence-electron chi connectivity index (χ0n) is 16.2. The number of fused-ring (bicyclic) bond motifs is 1. The second-order valence-electron chi connectivity index (χ2n) is 7.29. The first-order chi connectivity index (χ1) is 14.3. The van der Waals surface area contributed by atoms with Gasteiger partial charge in [0.2, 0.25) is 5.91 Å². The summed E-state index contributed by atoms with van der Waals surface area (Å²) in [5.74, 6) is 0.175. The zero-order chi connectivity index (χ0) is 21.3. The molecule has 1 aliphatic rings. The van der Waals surface area contributed by atoms with Crippen LogP contribution in [0.25, 0.3) is 11.0 Å². The van der Waals surface area contributed by atoms with Crippen LogP contribution in [0, 0.1) is 6.92 Å². The fourth-order valence-corrected chi connectivity index (χ4v) is 3.61. The molecule has 158 valence electrons. The minimum atomic E-state index is -4.51. The molecule has 4 rings (SSSR count). The number of halogens is 3. The lowest BCUT2D eigenvalue weighted by Gasteiger charge is -2.33. The highest BCUT2D eigenvalue weighted by molar-refractivity contribution is 5.86. The van der Waals surface area contributed by atoms with E-state index in [-0.39, 0.29) is 30.0 Å². The van der Waals surface area contributed by atoms with E-state index in [1.54, 1.807) is 11.0 Å². The van der Waals surface area contributed by atoms with Crippen LogP contribution in [-0.4, -0.2) is 40.2 Å². The topological polar surface area (TPSA) is 84.2 Å². The Morgan fingerprint density at radius 2 is 1.97 bits per heavy atom. The standard InChI is InChI=1S/C20H20F3N5O2/c1-12-24-17(20(21,22)23)11-18(25-12)28-8-6-13(7-9-28)26-19(29)10-15-14-4-2-3-5-16(14)30-27-15/h2-5,11,13H,6-10H2,1H3,(H,26,29). The molecule has 0 spiro atoms. The number of anilines is 1. The van der Waals surface area contributed by atoms with Gasteiger partial charge in [-0.05, 0) is 31.9 Å². The highest BCUT2D eigenvalue weighted by Gasteiger charge is 2.34. The molecule has 10 heteroatoms. The van der Waals surface area contributed by atoms with E-state index in [4.69, 9.17) is 4.52 Å². The lowest BCUT2D eigenvalue weighted by molar-refractivity contribution is -0.141. The minimum absolute atomic E-state index is 0.0584. The van der Waals surface area contributed by atoms with E-state index in [1.165, 1.54) is 6.92 Å². The van der Waals surface area contributed by atoms with Crippen LogP contribution in [0.15, 0.2) is 34.9 Å². The summed E-state index contributed by atoms with van der Waals surface area (Å²) in [5, 5.41) is 7.75. The number of hydrogen-bond donors (Lipinski definition) is 1. The SMILES string of the molecule is Cc1nc(N2CCC(NC(=O)Cc3noc4ccccc34)CC2)cc(C(F)(F)F)n1. The van der Waals surface area contributed by atoms with E-state index in [9.17, 15) is 18.0 Å². The summed E-state index contributed by atoms with van der Waals surface area (Å²) in [6, 6.07) is 8.25.